The van der Waals surface area contributed by atoms with Crippen molar-refractivity contribution < 1.29 is 14.4 Å². The first kappa shape index (κ1) is 14.5. The summed E-state index contributed by atoms with van der Waals surface area (Å²) in [6.45, 7) is 2.70. The minimum absolute atomic E-state index is 0.160. The lowest BCUT2D eigenvalue weighted by molar-refractivity contribution is -0.115. The first-order valence-electron chi connectivity index (χ1n) is 6.30. The number of hydrogen-bond donors (Lipinski definition) is 2. The normalized spacial score (nSPS) is 10.2. The van der Waals surface area contributed by atoms with Crippen LogP contribution < -0.4 is 10.6 Å². The van der Waals surface area contributed by atoms with Crippen LogP contribution in [0, 0.1) is 0 Å². The molecule has 0 saturated heterocycles. The minimum Gasteiger partial charge on any atom is -0.399 e. The molecular formula is C15H15N3O3. The number of benzene rings is 1. The fourth-order valence-electron chi connectivity index (χ4n) is 1.91. The van der Waals surface area contributed by atoms with Gasteiger partial charge in [-0.25, -0.2) is 4.90 Å². The number of Topliss-reactive ketones (excluding diaryl/α,β-unsaturated/α-hetero) is 1. The Labute approximate surface area is 121 Å². The molecule has 21 heavy (non-hydrogen) atoms. The van der Waals surface area contributed by atoms with E-state index in [0.717, 1.165) is 4.90 Å². The first-order valence-corrected chi connectivity index (χ1v) is 6.30. The van der Waals surface area contributed by atoms with E-state index in [4.69, 9.17) is 5.73 Å². The molecular weight excluding hydrogens is 270 g/mol. The molecule has 108 valence electrons. The van der Waals surface area contributed by atoms with Crippen molar-refractivity contribution in [2.45, 2.75) is 13.8 Å². The highest BCUT2D eigenvalue weighted by Gasteiger charge is 2.23. The van der Waals surface area contributed by atoms with Crippen LogP contribution in [0.1, 0.15) is 34.7 Å². The van der Waals surface area contributed by atoms with Crippen molar-refractivity contribution >= 4 is 29.0 Å². The lowest BCUT2D eigenvalue weighted by Crippen LogP contribution is -2.35. The van der Waals surface area contributed by atoms with E-state index in [0.29, 0.717) is 16.9 Å². The number of nitrogens with zero attached hydrogens (tertiary/aromatic N) is 1. The Morgan fingerprint density at radius 3 is 2.19 bits per heavy atom. The second-order valence-corrected chi connectivity index (χ2v) is 4.61. The van der Waals surface area contributed by atoms with Crippen molar-refractivity contribution in [2.24, 2.45) is 0 Å². The number of nitrogen functional groups attached to an aromatic ring is 1. The van der Waals surface area contributed by atoms with Gasteiger partial charge >= 0.3 is 0 Å². The number of ketones is 1. The number of aromatic amines is 1. The molecule has 2 amide bonds. The summed E-state index contributed by atoms with van der Waals surface area (Å²) in [6, 6.07) is 7.81. The largest absolute Gasteiger partial charge is 0.399 e. The molecule has 0 unspecified atom stereocenters. The smallest absolute Gasteiger partial charge is 0.281 e. The lowest BCUT2D eigenvalue weighted by Gasteiger charge is -2.18. The van der Waals surface area contributed by atoms with Gasteiger partial charge in [0.25, 0.3) is 5.91 Å². The molecule has 0 spiro atoms. The summed E-state index contributed by atoms with van der Waals surface area (Å²) < 4.78 is 0. The lowest BCUT2D eigenvalue weighted by atomic mass is 10.2. The van der Waals surface area contributed by atoms with Crippen molar-refractivity contribution in [3.05, 3.63) is 47.8 Å². The Kier molecular flexibility index (Phi) is 3.89. The fourth-order valence-corrected chi connectivity index (χ4v) is 1.91. The molecule has 1 heterocycles. The monoisotopic (exact) mass is 285 g/mol. The number of anilines is 2. The SMILES string of the molecule is CC(=O)c1c[nH]c(C(=O)N(C(C)=O)c2ccc(N)cc2)c1. The molecule has 6 heteroatoms. The summed E-state index contributed by atoms with van der Waals surface area (Å²) in [5.41, 5.74) is 7.11. The van der Waals surface area contributed by atoms with Crippen LogP contribution >= 0.6 is 0 Å². The molecule has 0 bridgehead atoms. The predicted octanol–water partition coefficient (Wildman–Crippen LogP) is 1.99. The molecule has 2 rings (SSSR count). The Morgan fingerprint density at radius 1 is 1.10 bits per heavy atom. The highest BCUT2D eigenvalue weighted by Crippen LogP contribution is 2.19. The van der Waals surface area contributed by atoms with Gasteiger partial charge in [-0.05, 0) is 37.3 Å². The zero-order chi connectivity index (χ0) is 15.6. The molecule has 1 aromatic heterocycles. The van der Waals surface area contributed by atoms with Crippen LogP contribution in [0.4, 0.5) is 11.4 Å². The van der Waals surface area contributed by atoms with Gasteiger partial charge in [0.05, 0.1) is 5.69 Å². The summed E-state index contributed by atoms with van der Waals surface area (Å²) in [4.78, 5) is 39.2. The van der Waals surface area contributed by atoms with Gasteiger partial charge in [-0.1, -0.05) is 0 Å². The van der Waals surface area contributed by atoms with Crippen LogP contribution in [-0.2, 0) is 4.79 Å². The summed E-state index contributed by atoms with van der Waals surface area (Å²) in [7, 11) is 0. The minimum atomic E-state index is -0.528. The van der Waals surface area contributed by atoms with Crippen molar-refractivity contribution in [2.75, 3.05) is 10.6 Å². The molecule has 1 aromatic carbocycles. The van der Waals surface area contributed by atoms with Gasteiger partial charge in [0, 0.05) is 24.4 Å². The standard InChI is InChI=1S/C15H15N3O3/c1-9(19)11-7-14(17-8-11)15(21)18(10(2)20)13-5-3-12(16)4-6-13/h3-8,17H,16H2,1-2H3. The molecule has 0 aliphatic heterocycles. The van der Waals surface area contributed by atoms with E-state index in [2.05, 4.69) is 4.98 Å². The number of carbonyl (C=O) groups excluding carboxylic acids is 3. The Bertz CT molecular complexity index is 701. The van der Waals surface area contributed by atoms with Gasteiger partial charge in [0.2, 0.25) is 5.91 Å². The topological polar surface area (TPSA) is 96.3 Å². The van der Waals surface area contributed by atoms with Gasteiger partial charge in [-0.3, -0.25) is 14.4 Å². The Hall–Kier alpha value is -2.89. The summed E-state index contributed by atoms with van der Waals surface area (Å²) in [5.74, 6) is -1.12. The van der Waals surface area contributed by atoms with Crippen molar-refractivity contribution in [1.29, 1.82) is 0 Å². The van der Waals surface area contributed by atoms with Crippen molar-refractivity contribution in [3.63, 3.8) is 0 Å². The summed E-state index contributed by atoms with van der Waals surface area (Å²) >= 11 is 0. The van der Waals surface area contributed by atoms with E-state index in [1.54, 1.807) is 24.3 Å². The number of imide groups is 1. The van der Waals surface area contributed by atoms with E-state index in [9.17, 15) is 14.4 Å². The van der Waals surface area contributed by atoms with Crippen LogP contribution in [0.2, 0.25) is 0 Å². The van der Waals surface area contributed by atoms with E-state index in [1.807, 2.05) is 0 Å². The predicted molar refractivity (Wildman–Crippen MR) is 79.1 cm³/mol. The van der Waals surface area contributed by atoms with Gasteiger partial charge in [-0.15, -0.1) is 0 Å². The summed E-state index contributed by atoms with van der Waals surface area (Å²) in [5, 5.41) is 0. The first-order chi connectivity index (χ1) is 9.90. The maximum absolute atomic E-state index is 12.4. The highest BCUT2D eigenvalue weighted by atomic mass is 16.2. The van der Waals surface area contributed by atoms with Gasteiger partial charge in [0.15, 0.2) is 5.78 Å². The van der Waals surface area contributed by atoms with E-state index in [1.165, 1.54) is 26.1 Å². The number of nitrogens with two attached hydrogens (primary N) is 1. The molecule has 0 atom stereocenters. The number of carbonyl (C=O) groups is 3. The maximum Gasteiger partial charge on any atom is 0.281 e. The van der Waals surface area contributed by atoms with Crippen LogP contribution in [0.25, 0.3) is 0 Å². The second-order valence-electron chi connectivity index (χ2n) is 4.61. The van der Waals surface area contributed by atoms with Crippen LogP contribution in [-0.4, -0.2) is 22.6 Å². The highest BCUT2D eigenvalue weighted by molar-refractivity contribution is 6.20. The molecule has 0 radical (unpaired) electrons. The molecule has 0 aliphatic carbocycles. The number of H-pyrrole nitrogens is 1. The molecule has 0 saturated carbocycles. The van der Waals surface area contributed by atoms with Crippen molar-refractivity contribution in [1.82, 2.24) is 4.98 Å². The third-order valence-corrected chi connectivity index (χ3v) is 2.99. The van der Waals surface area contributed by atoms with Gasteiger partial charge < -0.3 is 10.7 Å². The second kappa shape index (κ2) is 5.62. The average Bonchev–Trinajstić information content (AvgIpc) is 2.90. The van der Waals surface area contributed by atoms with Crippen LogP contribution in [0.3, 0.4) is 0 Å². The molecule has 6 nitrogen and oxygen atoms in total. The van der Waals surface area contributed by atoms with E-state index >= 15 is 0 Å². The number of rotatable bonds is 3. The molecule has 2 aromatic rings. The third-order valence-electron chi connectivity index (χ3n) is 2.99. The average molecular weight is 285 g/mol. The molecule has 3 N–H and O–H groups in total. The van der Waals surface area contributed by atoms with Crippen LogP contribution in [0.5, 0.6) is 0 Å². The number of amides is 2. The van der Waals surface area contributed by atoms with Crippen LogP contribution in [0.15, 0.2) is 36.5 Å². The molecule has 0 aliphatic rings. The van der Waals surface area contributed by atoms with Crippen molar-refractivity contribution in [3.8, 4) is 0 Å². The maximum atomic E-state index is 12.4. The Morgan fingerprint density at radius 2 is 1.71 bits per heavy atom. The van der Waals surface area contributed by atoms with Gasteiger partial charge in [0.1, 0.15) is 5.69 Å². The van der Waals surface area contributed by atoms with E-state index in [-0.39, 0.29) is 11.5 Å². The summed E-state index contributed by atoms with van der Waals surface area (Å²) in [6.07, 6.45) is 1.44. The van der Waals surface area contributed by atoms with E-state index < -0.39 is 11.8 Å². The third kappa shape index (κ3) is 3.00. The fraction of sp³-hybridized carbons (Fsp3) is 0.133. The van der Waals surface area contributed by atoms with Gasteiger partial charge in [-0.2, -0.15) is 0 Å². The molecule has 0 fully saturated rings. The number of aromatic nitrogens is 1. The number of nitrogens with one attached hydrogen (secondary N) is 1. The zero-order valence-electron chi connectivity index (χ0n) is 11.7. The quantitative estimate of drug-likeness (QED) is 0.665. The Balaban J connectivity index is 2.37. The zero-order valence-corrected chi connectivity index (χ0v) is 11.7. The number of hydrogen-bond acceptors (Lipinski definition) is 4.